The average molecular weight is 265 g/mol. The van der Waals surface area contributed by atoms with Gasteiger partial charge in [-0.3, -0.25) is 0 Å². The van der Waals surface area contributed by atoms with E-state index in [1.54, 1.807) is 0 Å². The van der Waals surface area contributed by atoms with Crippen LogP contribution in [0.1, 0.15) is 29.0 Å². The van der Waals surface area contributed by atoms with Crippen molar-refractivity contribution in [2.24, 2.45) is 0 Å². The fourth-order valence-corrected chi connectivity index (χ4v) is 2.87. The largest absolute Gasteiger partial charge is 0.155 e. The van der Waals surface area contributed by atoms with E-state index in [4.69, 9.17) is 23.2 Å². The van der Waals surface area contributed by atoms with E-state index in [2.05, 4.69) is 34.5 Å². The molecule has 0 spiro atoms. The predicted octanol–water partition coefficient (Wildman–Crippen LogP) is 3.86. The van der Waals surface area contributed by atoms with Gasteiger partial charge in [0.15, 0.2) is 10.3 Å². The van der Waals surface area contributed by atoms with Crippen LogP contribution >= 0.6 is 23.2 Å². The molecule has 0 bridgehead atoms. The number of aryl methyl sites for hydroxylation is 1. The highest BCUT2D eigenvalue weighted by Crippen LogP contribution is 2.40. The summed E-state index contributed by atoms with van der Waals surface area (Å²) in [6.07, 6.45) is 2.14. The first-order valence-corrected chi connectivity index (χ1v) is 6.27. The van der Waals surface area contributed by atoms with E-state index in [1.165, 1.54) is 11.1 Å². The zero-order valence-corrected chi connectivity index (χ0v) is 10.5. The van der Waals surface area contributed by atoms with Crippen molar-refractivity contribution in [2.75, 3.05) is 0 Å². The minimum Gasteiger partial charge on any atom is -0.137 e. The van der Waals surface area contributed by atoms with Gasteiger partial charge in [0.25, 0.3) is 0 Å². The van der Waals surface area contributed by atoms with Crippen molar-refractivity contribution >= 4 is 23.2 Å². The Balaban J connectivity index is 2.10. The van der Waals surface area contributed by atoms with Crippen molar-refractivity contribution in [2.45, 2.75) is 18.8 Å². The van der Waals surface area contributed by atoms with Gasteiger partial charge in [-0.1, -0.05) is 47.5 Å². The molecule has 1 atom stereocenters. The lowest BCUT2D eigenvalue weighted by Crippen LogP contribution is -2.00. The summed E-state index contributed by atoms with van der Waals surface area (Å²) in [5.74, 6) is 0.298. The minimum absolute atomic E-state index is 0.298. The number of halogens is 2. The van der Waals surface area contributed by atoms with Crippen LogP contribution in [0.2, 0.25) is 10.3 Å². The molecular weight excluding hydrogens is 255 g/mol. The van der Waals surface area contributed by atoms with Crippen molar-refractivity contribution in [3.05, 3.63) is 57.3 Å². The molecule has 4 heteroatoms. The number of nitrogens with zero attached hydrogens (tertiary/aromatic N) is 2. The van der Waals surface area contributed by atoms with Gasteiger partial charge in [0.2, 0.25) is 0 Å². The second kappa shape index (κ2) is 4.28. The minimum atomic E-state index is 0.298. The molecule has 1 aliphatic carbocycles. The van der Waals surface area contributed by atoms with Gasteiger partial charge in [-0.05, 0) is 30.0 Å². The van der Waals surface area contributed by atoms with Crippen LogP contribution in [0.5, 0.6) is 0 Å². The Hall–Kier alpha value is -1.12. The van der Waals surface area contributed by atoms with Gasteiger partial charge in [0, 0.05) is 11.5 Å². The van der Waals surface area contributed by atoms with E-state index in [-0.39, 0.29) is 0 Å². The average Bonchev–Trinajstić information content (AvgIpc) is 2.76. The van der Waals surface area contributed by atoms with Gasteiger partial charge in [-0.2, -0.15) is 0 Å². The molecule has 1 unspecified atom stereocenters. The summed E-state index contributed by atoms with van der Waals surface area (Å²) in [7, 11) is 0. The van der Waals surface area contributed by atoms with Crippen LogP contribution in [0.4, 0.5) is 0 Å². The first kappa shape index (κ1) is 11.0. The Labute approximate surface area is 110 Å². The third-order valence-corrected chi connectivity index (χ3v) is 3.73. The van der Waals surface area contributed by atoms with Crippen molar-refractivity contribution in [3.63, 3.8) is 0 Å². The van der Waals surface area contributed by atoms with Crippen LogP contribution in [-0.4, -0.2) is 10.2 Å². The molecule has 2 nitrogen and oxygen atoms in total. The van der Waals surface area contributed by atoms with Crippen molar-refractivity contribution in [1.82, 2.24) is 10.2 Å². The fraction of sp³-hybridized carbons (Fsp3) is 0.231. The molecule has 17 heavy (non-hydrogen) atoms. The Morgan fingerprint density at radius 1 is 1.06 bits per heavy atom. The molecule has 0 fully saturated rings. The summed E-state index contributed by atoms with van der Waals surface area (Å²) >= 11 is 12.0. The van der Waals surface area contributed by atoms with Crippen molar-refractivity contribution in [3.8, 4) is 0 Å². The lowest BCUT2D eigenvalue weighted by atomic mass is 9.95. The molecule has 3 rings (SSSR count). The van der Waals surface area contributed by atoms with Crippen LogP contribution in [0.25, 0.3) is 0 Å². The van der Waals surface area contributed by atoms with E-state index in [0.717, 1.165) is 18.4 Å². The number of hydrogen-bond acceptors (Lipinski definition) is 2. The van der Waals surface area contributed by atoms with Crippen molar-refractivity contribution < 1.29 is 0 Å². The number of fused-ring (bicyclic) bond motifs is 1. The molecule has 0 aliphatic heterocycles. The van der Waals surface area contributed by atoms with Gasteiger partial charge in [0.05, 0.1) is 0 Å². The lowest BCUT2D eigenvalue weighted by molar-refractivity contribution is 0.777. The quantitative estimate of drug-likeness (QED) is 0.782. The predicted molar refractivity (Wildman–Crippen MR) is 68.7 cm³/mol. The first-order chi connectivity index (χ1) is 8.25. The molecule has 0 saturated carbocycles. The highest BCUT2D eigenvalue weighted by atomic mass is 35.5. The monoisotopic (exact) mass is 264 g/mol. The number of benzene rings is 1. The Morgan fingerprint density at radius 3 is 2.76 bits per heavy atom. The maximum Gasteiger partial charge on any atom is 0.155 e. The molecule has 0 saturated heterocycles. The molecule has 1 aliphatic rings. The number of aromatic nitrogens is 2. The zero-order chi connectivity index (χ0) is 11.8. The van der Waals surface area contributed by atoms with E-state index in [9.17, 15) is 0 Å². The van der Waals surface area contributed by atoms with Crippen LogP contribution in [0.15, 0.2) is 30.3 Å². The molecule has 1 heterocycles. The molecule has 0 radical (unpaired) electrons. The van der Waals surface area contributed by atoms with E-state index < -0.39 is 0 Å². The summed E-state index contributed by atoms with van der Waals surface area (Å²) in [5.41, 5.74) is 3.71. The van der Waals surface area contributed by atoms with Crippen LogP contribution in [0, 0.1) is 0 Å². The number of hydrogen-bond donors (Lipinski definition) is 0. The molecular formula is C13H10Cl2N2. The fourth-order valence-electron chi connectivity index (χ4n) is 2.49. The molecule has 0 N–H and O–H groups in total. The normalized spacial score (nSPS) is 18.1. The summed E-state index contributed by atoms with van der Waals surface area (Å²) in [6, 6.07) is 10.3. The highest BCUT2D eigenvalue weighted by Gasteiger charge is 2.26. The molecule has 0 amide bonds. The summed E-state index contributed by atoms with van der Waals surface area (Å²) in [6.45, 7) is 0. The summed E-state index contributed by atoms with van der Waals surface area (Å²) in [4.78, 5) is 0. The third kappa shape index (κ3) is 1.92. The van der Waals surface area contributed by atoms with Crippen molar-refractivity contribution in [1.29, 1.82) is 0 Å². The van der Waals surface area contributed by atoms with Gasteiger partial charge in [0.1, 0.15) is 0 Å². The summed E-state index contributed by atoms with van der Waals surface area (Å²) < 4.78 is 0. The Bertz CT molecular complexity index is 569. The standard InChI is InChI=1S/C13H10Cl2N2/c14-12-7-11(13(15)17-16-12)10-6-5-8-3-1-2-4-9(8)10/h1-4,7,10H,5-6H2. The molecule has 1 aromatic heterocycles. The Kier molecular flexibility index (Phi) is 2.77. The van der Waals surface area contributed by atoms with Crippen LogP contribution < -0.4 is 0 Å². The van der Waals surface area contributed by atoms with E-state index >= 15 is 0 Å². The third-order valence-electron chi connectivity index (χ3n) is 3.25. The van der Waals surface area contributed by atoms with Gasteiger partial charge < -0.3 is 0 Å². The van der Waals surface area contributed by atoms with Gasteiger partial charge in [-0.25, -0.2) is 0 Å². The van der Waals surface area contributed by atoms with Crippen LogP contribution in [-0.2, 0) is 6.42 Å². The second-order valence-electron chi connectivity index (χ2n) is 4.20. The van der Waals surface area contributed by atoms with Crippen LogP contribution in [0.3, 0.4) is 0 Å². The maximum absolute atomic E-state index is 6.11. The highest BCUT2D eigenvalue weighted by molar-refractivity contribution is 6.31. The number of rotatable bonds is 1. The first-order valence-electron chi connectivity index (χ1n) is 5.52. The van der Waals surface area contributed by atoms with Gasteiger partial charge in [-0.15, -0.1) is 10.2 Å². The smallest absolute Gasteiger partial charge is 0.137 e. The topological polar surface area (TPSA) is 25.8 Å². The molecule has 1 aromatic carbocycles. The SMILES string of the molecule is Clc1cc(C2CCc3ccccc32)c(Cl)nn1. The van der Waals surface area contributed by atoms with E-state index in [0.29, 0.717) is 16.2 Å². The van der Waals surface area contributed by atoms with Gasteiger partial charge >= 0.3 is 0 Å². The maximum atomic E-state index is 6.11. The zero-order valence-electron chi connectivity index (χ0n) is 9.03. The lowest BCUT2D eigenvalue weighted by Gasteiger charge is -2.12. The second-order valence-corrected chi connectivity index (χ2v) is 4.95. The molecule has 86 valence electrons. The van der Waals surface area contributed by atoms with E-state index in [1.807, 2.05) is 6.07 Å². The molecule has 2 aromatic rings. The summed E-state index contributed by atoms with van der Waals surface area (Å²) in [5, 5.41) is 8.48. The Morgan fingerprint density at radius 2 is 1.88 bits per heavy atom.